The molecule has 1 aromatic carbocycles. The highest BCUT2D eigenvalue weighted by atomic mass is 32.2. The fraction of sp³-hybridized carbons (Fsp3) is 0.125. The second kappa shape index (κ2) is 4.01. The summed E-state index contributed by atoms with van der Waals surface area (Å²) in [6.45, 7) is 1.36. The second-order valence-electron chi connectivity index (χ2n) is 2.23. The second-order valence-corrected chi connectivity index (χ2v) is 3.04. The number of anilines is 1. The average Bonchev–Trinajstić information content (AvgIpc) is 2.01. The minimum Gasteiger partial charge on any atom is -0.399 e. The van der Waals surface area contributed by atoms with Crippen LogP contribution in [-0.4, -0.2) is 5.97 Å². The van der Waals surface area contributed by atoms with Gasteiger partial charge in [-0.15, -0.1) is 0 Å². The van der Waals surface area contributed by atoms with Crippen molar-refractivity contribution in [3.63, 3.8) is 0 Å². The van der Waals surface area contributed by atoms with E-state index in [1.54, 1.807) is 18.2 Å². The molecule has 2 N–H and O–H groups in total. The van der Waals surface area contributed by atoms with Crippen LogP contribution in [0.5, 0.6) is 0 Å². The van der Waals surface area contributed by atoms with Crippen LogP contribution >= 0.6 is 12.0 Å². The topological polar surface area (TPSA) is 52.3 Å². The molecule has 0 amide bonds. The highest BCUT2D eigenvalue weighted by Gasteiger charge is 1.97. The Kier molecular flexibility index (Phi) is 2.99. The summed E-state index contributed by atoms with van der Waals surface area (Å²) in [5.41, 5.74) is 6.17. The molecule has 0 aliphatic heterocycles. The summed E-state index contributed by atoms with van der Waals surface area (Å²) in [5.74, 6) is -0.317. The molecule has 0 radical (unpaired) electrons. The van der Waals surface area contributed by atoms with Crippen LogP contribution in [0.15, 0.2) is 29.2 Å². The molecule has 1 aromatic rings. The van der Waals surface area contributed by atoms with Crippen molar-refractivity contribution in [1.29, 1.82) is 0 Å². The lowest BCUT2D eigenvalue weighted by atomic mass is 10.3. The van der Waals surface area contributed by atoms with Gasteiger partial charge < -0.3 is 9.92 Å². The molecule has 0 spiro atoms. The summed E-state index contributed by atoms with van der Waals surface area (Å²) >= 11 is 1.01. The monoisotopic (exact) mass is 183 g/mol. The van der Waals surface area contributed by atoms with Crippen molar-refractivity contribution in [2.75, 3.05) is 5.73 Å². The van der Waals surface area contributed by atoms with E-state index in [0.717, 1.165) is 16.9 Å². The number of hydrogen-bond acceptors (Lipinski definition) is 4. The number of nitrogen functional groups attached to an aromatic ring is 1. The first-order valence-corrected chi connectivity index (χ1v) is 4.13. The Morgan fingerprint density at radius 1 is 1.58 bits per heavy atom. The van der Waals surface area contributed by atoms with Crippen LogP contribution in [0.3, 0.4) is 0 Å². The molecular formula is C8H9NO2S. The third kappa shape index (κ3) is 2.84. The molecule has 0 aliphatic carbocycles. The molecule has 0 atom stereocenters. The molecule has 0 fully saturated rings. The van der Waals surface area contributed by atoms with Crippen LogP contribution in [0.1, 0.15) is 6.92 Å². The summed E-state index contributed by atoms with van der Waals surface area (Å²) in [6, 6.07) is 7.15. The predicted molar refractivity (Wildman–Crippen MR) is 48.5 cm³/mol. The number of hydrogen-bond donors (Lipinski definition) is 1. The summed E-state index contributed by atoms with van der Waals surface area (Å²) < 4.78 is 4.71. The van der Waals surface area contributed by atoms with Gasteiger partial charge in [-0.25, -0.2) is 0 Å². The van der Waals surface area contributed by atoms with E-state index >= 15 is 0 Å². The maximum atomic E-state index is 10.4. The summed E-state index contributed by atoms with van der Waals surface area (Å²) in [5, 5.41) is 0. The van der Waals surface area contributed by atoms with Gasteiger partial charge >= 0.3 is 5.97 Å². The first-order chi connectivity index (χ1) is 5.68. The van der Waals surface area contributed by atoms with Gasteiger partial charge in [0.1, 0.15) is 0 Å². The minimum atomic E-state index is -0.317. The van der Waals surface area contributed by atoms with Gasteiger partial charge in [-0.2, -0.15) is 0 Å². The van der Waals surface area contributed by atoms with Gasteiger partial charge in [0, 0.05) is 12.6 Å². The lowest BCUT2D eigenvalue weighted by Crippen LogP contribution is -1.89. The Hall–Kier alpha value is -1.16. The molecule has 3 nitrogen and oxygen atoms in total. The Morgan fingerprint density at radius 2 is 2.33 bits per heavy atom. The van der Waals surface area contributed by atoms with Crippen molar-refractivity contribution in [3.8, 4) is 0 Å². The minimum absolute atomic E-state index is 0.317. The predicted octanol–water partition coefficient (Wildman–Crippen LogP) is 1.84. The van der Waals surface area contributed by atoms with Crippen LogP contribution in [0.25, 0.3) is 0 Å². The van der Waals surface area contributed by atoms with Crippen LogP contribution in [0, 0.1) is 0 Å². The van der Waals surface area contributed by atoms with Crippen LogP contribution in [-0.2, 0) is 8.98 Å². The van der Waals surface area contributed by atoms with Crippen molar-refractivity contribution in [2.24, 2.45) is 0 Å². The molecule has 4 heteroatoms. The molecule has 0 unspecified atom stereocenters. The fourth-order valence-corrected chi connectivity index (χ4v) is 1.21. The van der Waals surface area contributed by atoms with E-state index in [2.05, 4.69) is 0 Å². The quantitative estimate of drug-likeness (QED) is 0.561. The molecule has 0 heterocycles. The number of carbonyl (C=O) groups excluding carboxylic acids is 1. The smallest absolute Gasteiger partial charge is 0.315 e. The Morgan fingerprint density at radius 3 is 2.92 bits per heavy atom. The van der Waals surface area contributed by atoms with Gasteiger partial charge in [0.05, 0.1) is 16.9 Å². The maximum absolute atomic E-state index is 10.4. The van der Waals surface area contributed by atoms with Gasteiger partial charge in [-0.05, 0) is 18.2 Å². The van der Waals surface area contributed by atoms with Gasteiger partial charge in [0.2, 0.25) is 0 Å². The van der Waals surface area contributed by atoms with E-state index in [4.69, 9.17) is 9.92 Å². The third-order valence-electron chi connectivity index (χ3n) is 1.11. The van der Waals surface area contributed by atoms with Crippen LogP contribution < -0.4 is 5.73 Å². The van der Waals surface area contributed by atoms with Crippen LogP contribution in [0.4, 0.5) is 5.69 Å². The van der Waals surface area contributed by atoms with E-state index in [1.165, 1.54) is 6.92 Å². The molecule has 0 aromatic heterocycles. The van der Waals surface area contributed by atoms with Gasteiger partial charge in [0.25, 0.3) is 0 Å². The van der Waals surface area contributed by atoms with E-state index < -0.39 is 0 Å². The SMILES string of the molecule is CC(=O)OSc1cccc(N)c1. The van der Waals surface area contributed by atoms with Gasteiger partial charge in [-0.1, -0.05) is 6.07 Å². The Bertz CT molecular complexity index is 288. The highest BCUT2D eigenvalue weighted by Crippen LogP contribution is 2.20. The highest BCUT2D eigenvalue weighted by molar-refractivity contribution is 7.95. The van der Waals surface area contributed by atoms with E-state index in [0.29, 0.717) is 5.69 Å². The average molecular weight is 183 g/mol. The summed E-state index contributed by atoms with van der Waals surface area (Å²) in [7, 11) is 0. The zero-order valence-corrected chi connectivity index (χ0v) is 7.43. The van der Waals surface area contributed by atoms with Crippen molar-refractivity contribution in [1.82, 2.24) is 0 Å². The number of carbonyl (C=O) groups is 1. The van der Waals surface area contributed by atoms with Crippen molar-refractivity contribution in [3.05, 3.63) is 24.3 Å². The lowest BCUT2D eigenvalue weighted by Gasteiger charge is -1.99. The van der Waals surface area contributed by atoms with E-state index in [1.807, 2.05) is 6.07 Å². The standard InChI is InChI=1S/C8H9NO2S/c1-6(10)11-12-8-4-2-3-7(9)5-8/h2-5H,9H2,1H3. The zero-order chi connectivity index (χ0) is 8.97. The number of rotatable bonds is 2. The Balaban J connectivity index is 2.57. The first kappa shape index (κ1) is 8.93. The Labute approximate surface area is 75.1 Å². The molecule has 64 valence electrons. The molecule has 0 saturated heterocycles. The molecule has 0 bridgehead atoms. The number of nitrogens with two attached hydrogens (primary N) is 1. The summed E-state index contributed by atoms with van der Waals surface area (Å²) in [4.78, 5) is 11.3. The van der Waals surface area contributed by atoms with Gasteiger partial charge in [0.15, 0.2) is 0 Å². The van der Waals surface area contributed by atoms with Crippen molar-refractivity contribution < 1.29 is 8.98 Å². The summed E-state index contributed by atoms with van der Waals surface area (Å²) in [6.07, 6.45) is 0. The largest absolute Gasteiger partial charge is 0.399 e. The maximum Gasteiger partial charge on any atom is 0.315 e. The first-order valence-electron chi connectivity index (χ1n) is 3.39. The molecule has 1 rings (SSSR count). The number of benzene rings is 1. The fourth-order valence-electron chi connectivity index (χ4n) is 0.673. The molecule has 12 heavy (non-hydrogen) atoms. The normalized spacial score (nSPS) is 9.42. The van der Waals surface area contributed by atoms with Crippen molar-refractivity contribution in [2.45, 2.75) is 11.8 Å². The van der Waals surface area contributed by atoms with E-state index in [-0.39, 0.29) is 5.97 Å². The zero-order valence-electron chi connectivity index (χ0n) is 6.61. The van der Waals surface area contributed by atoms with Crippen molar-refractivity contribution >= 4 is 23.7 Å². The van der Waals surface area contributed by atoms with Crippen LogP contribution in [0.2, 0.25) is 0 Å². The molecule has 0 saturated carbocycles. The molecular weight excluding hydrogens is 174 g/mol. The molecule has 0 aliphatic rings. The third-order valence-corrected chi connectivity index (χ3v) is 1.88. The van der Waals surface area contributed by atoms with Gasteiger partial charge in [-0.3, -0.25) is 4.79 Å². The lowest BCUT2D eigenvalue weighted by molar-refractivity contribution is -0.130. The van der Waals surface area contributed by atoms with E-state index in [9.17, 15) is 4.79 Å².